The first-order chi connectivity index (χ1) is 8.75. The van der Waals surface area contributed by atoms with Gasteiger partial charge in [0, 0.05) is 5.41 Å². The third kappa shape index (κ3) is 5.47. The highest BCUT2D eigenvalue weighted by Gasteiger charge is 2.24. The highest BCUT2D eigenvalue weighted by molar-refractivity contribution is 5.41. The second-order valence-corrected chi connectivity index (χ2v) is 4.76. The Balaban J connectivity index is 5.42. The molecular formula is C17H24O2. The van der Waals surface area contributed by atoms with Gasteiger partial charge in [0.25, 0.3) is 0 Å². The Hall–Kier alpha value is -1.96. The molecule has 2 nitrogen and oxygen atoms in total. The van der Waals surface area contributed by atoms with Crippen molar-refractivity contribution < 1.29 is 10.2 Å². The van der Waals surface area contributed by atoms with Crippen molar-refractivity contribution in [2.45, 2.75) is 27.7 Å². The second kappa shape index (κ2) is 7.47. The molecule has 2 N–H and O–H groups in total. The molecule has 0 amide bonds. The summed E-state index contributed by atoms with van der Waals surface area (Å²) >= 11 is 0. The highest BCUT2D eigenvalue weighted by atomic mass is 16.3. The maximum atomic E-state index is 9.15. The molecule has 0 atom stereocenters. The van der Waals surface area contributed by atoms with Crippen molar-refractivity contribution >= 4 is 0 Å². The third-order valence-corrected chi connectivity index (χ3v) is 2.98. The van der Waals surface area contributed by atoms with Gasteiger partial charge in [-0.2, -0.15) is 0 Å². The lowest BCUT2D eigenvalue weighted by atomic mass is 9.76. The summed E-state index contributed by atoms with van der Waals surface area (Å²) in [6.45, 7) is 14.9. The number of hydrogen-bond donors (Lipinski definition) is 2. The van der Waals surface area contributed by atoms with Gasteiger partial charge < -0.3 is 10.2 Å². The van der Waals surface area contributed by atoms with E-state index in [1.165, 1.54) is 0 Å². The molecule has 0 aliphatic carbocycles. The van der Waals surface area contributed by atoms with E-state index in [0.29, 0.717) is 0 Å². The Bertz CT molecular complexity index is 416. The van der Waals surface area contributed by atoms with E-state index in [1.807, 2.05) is 38.2 Å². The Morgan fingerprint density at radius 1 is 0.789 bits per heavy atom. The Morgan fingerprint density at radius 2 is 1.11 bits per heavy atom. The third-order valence-electron chi connectivity index (χ3n) is 2.98. The van der Waals surface area contributed by atoms with Gasteiger partial charge in [0.05, 0.1) is 0 Å². The van der Waals surface area contributed by atoms with Crippen LogP contribution in [-0.2, 0) is 0 Å². The minimum atomic E-state index is -0.249. The van der Waals surface area contributed by atoms with Crippen molar-refractivity contribution in [2.24, 2.45) is 5.41 Å². The number of aliphatic hydroxyl groups is 2. The summed E-state index contributed by atoms with van der Waals surface area (Å²) in [5.74, 6) is 0.0490. The molecule has 104 valence electrons. The summed E-state index contributed by atoms with van der Waals surface area (Å²) in [4.78, 5) is 0. The van der Waals surface area contributed by atoms with E-state index < -0.39 is 0 Å². The van der Waals surface area contributed by atoms with E-state index in [-0.39, 0.29) is 16.9 Å². The summed E-state index contributed by atoms with van der Waals surface area (Å²) in [6, 6.07) is 0. The lowest BCUT2D eigenvalue weighted by Crippen LogP contribution is -2.16. The van der Waals surface area contributed by atoms with Crippen LogP contribution in [0.4, 0.5) is 0 Å². The molecule has 0 saturated heterocycles. The van der Waals surface area contributed by atoms with Gasteiger partial charge in [0.1, 0.15) is 11.5 Å². The lowest BCUT2D eigenvalue weighted by molar-refractivity contribution is 0.435. The quantitative estimate of drug-likeness (QED) is 0.511. The normalized spacial score (nSPS) is 14.3. The smallest absolute Gasteiger partial charge is 0.108 e. The zero-order chi connectivity index (χ0) is 15.1. The van der Waals surface area contributed by atoms with Crippen LogP contribution in [0.15, 0.2) is 72.3 Å². The summed E-state index contributed by atoms with van der Waals surface area (Å²) in [7, 11) is 0. The summed E-state index contributed by atoms with van der Waals surface area (Å²) in [5, 5.41) is 18.3. The Labute approximate surface area is 116 Å². The number of allylic oxidation sites excluding steroid dienone is 8. The topological polar surface area (TPSA) is 40.5 Å². The minimum Gasteiger partial charge on any atom is -0.509 e. The molecule has 0 aromatic heterocycles. The standard InChI is InChI=1S/C17H24O2/c1-7-15(11-9-13(3)18)17(5,6)16(8-2)12-10-14(4)19/h7-12,18-19H,3-4H2,1-2,5-6H3/b11-9-,12-10-,15-7+,16-8+. The van der Waals surface area contributed by atoms with Crippen LogP contribution in [0.3, 0.4) is 0 Å². The van der Waals surface area contributed by atoms with Crippen molar-refractivity contribution in [3.05, 3.63) is 72.3 Å². The van der Waals surface area contributed by atoms with Gasteiger partial charge in [-0.3, -0.25) is 0 Å². The molecule has 0 aromatic rings. The van der Waals surface area contributed by atoms with E-state index in [2.05, 4.69) is 27.0 Å². The molecule has 0 aliphatic rings. The SMILES string of the molecule is C=C(O)/C=C\C(=C/C)C(C)(C)C(/C=C\C(=C)O)=C/C. The van der Waals surface area contributed by atoms with Gasteiger partial charge in [-0.15, -0.1) is 0 Å². The highest BCUT2D eigenvalue weighted by Crippen LogP contribution is 2.36. The van der Waals surface area contributed by atoms with Crippen molar-refractivity contribution in [3.8, 4) is 0 Å². The zero-order valence-electron chi connectivity index (χ0n) is 12.3. The average Bonchev–Trinajstić information content (AvgIpc) is 2.29. The predicted octanol–water partition coefficient (Wildman–Crippen LogP) is 5.16. The van der Waals surface area contributed by atoms with Crippen LogP contribution in [-0.4, -0.2) is 10.2 Å². The lowest BCUT2D eigenvalue weighted by Gasteiger charge is -2.28. The van der Waals surface area contributed by atoms with Crippen LogP contribution in [0.1, 0.15) is 27.7 Å². The Morgan fingerprint density at radius 3 is 1.32 bits per heavy atom. The minimum absolute atomic E-state index is 0.0245. The van der Waals surface area contributed by atoms with Crippen LogP contribution in [0, 0.1) is 5.41 Å². The molecule has 0 rings (SSSR count). The van der Waals surface area contributed by atoms with Gasteiger partial charge >= 0.3 is 0 Å². The van der Waals surface area contributed by atoms with E-state index in [9.17, 15) is 0 Å². The van der Waals surface area contributed by atoms with E-state index in [0.717, 1.165) is 11.1 Å². The van der Waals surface area contributed by atoms with Gasteiger partial charge in [-0.25, -0.2) is 0 Å². The first-order valence-corrected chi connectivity index (χ1v) is 6.21. The summed E-state index contributed by atoms with van der Waals surface area (Å²) in [6.07, 6.45) is 10.8. The summed E-state index contributed by atoms with van der Waals surface area (Å²) in [5.41, 5.74) is 1.84. The van der Waals surface area contributed by atoms with Gasteiger partial charge in [0.2, 0.25) is 0 Å². The molecular weight excluding hydrogens is 236 g/mol. The molecule has 0 bridgehead atoms. The fourth-order valence-corrected chi connectivity index (χ4v) is 1.87. The van der Waals surface area contributed by atoms with Crippen molar-refractivity contribution in [1.29, 1.82) is 0 Å². The average molecular weight is 260 g/mol. The number of aliphatic hydroxyl groups excluding tert-OH is 2. The molecule has 2 heteroatoms. The number of hydrogen-bond acceptors (Lipinski definition) is 2. The van der Waals surface area contributed by atoms with Crippen LogP contribution in [0.5, 0.6) is 0 Å². The van der Waals surface area contributed by atoms with Crippen LogP contribution < -0.4 is 0 Å². The van der Waals surface area contributed by atoms with Crippen molar-refractivity contribution in [2.75, 3.05) is 0 Å². The first-order valence-electron chi connectivity index (χ1n) is 6.21. The van der Waals surface area contributed by atoms with Crippen LogP contribution in [0.25, 0.3) is 0 Å². The molecule has 0 aliphatic heterocycles. The van der Waals surface area contributed by atoms with Crippen molar-refractivity contribution in [3.63, 3.8) is 0 Å². The summed E-state index contributed by atoms with van der Waals surface area (Å²) < 4.78 is 0. The molecule has 0 saturated carbocycles. The maximum Gasteiger partial charge on any atom is 0.108 e. The molecule has 0 spiro atoms. The van der Waals surface area contributed by atoms with E-state index in [4.69, 9.17) is 10.2 Å². The van der Waals surface area contributed by atoms with E-state index >= 15 is 0 Å². The van der Waals surface area contributed by atoms with E-state index in [1.54, 1.807) is 12.2 Å². The fraction of sp³-hybridized carbons (Fsp3) is 0.294. The van der Waals surface area contributed by atoms with Crippen LogP contribution in [0.2, 0.25) is 0 Å². The molecule has 0 fully saturated rings. The van der Waals surface area contributed by atoms with Crippen LogP contribution >= 0.6 is 0 Å². The first kappa shape index (κ1) is 17.0. The molecule has 0 radical (unpaired) electrons. The maximum absolute atomic E-state index is 9.15. The van der Waals surface area contributed by atoms with Gasteiger partial charge in [0.15, 0.2) is 0 Å². The second-order valence-electron chi connectivity index (χ2n) is 4.76. The number of rotatable bonds is 6. The molecule has 0 aromatic carbocycles. The largest absolute Gasteiger partial charge is 0.509 e. The predicted molar refractivity (Wildman–Crippen MR) is 83.1 cm³/mol. The van der Waals surface area contributed by atoms with Gasteiger partial charge in [-0.1, -0.05) is 51.3 Å². The van der Waals surface area contributed by atoms with Crippen molar-refractivity contribution in [1.82, 2.24) is 0 Å². The Kier molecular flexibility index (Phi) is 6.70. The monoisotopic (exact) mass is 260 g/mol. The molecule has 0 heterocycles. The molecule has 19 heavy (non-hydrogen) atoms. The fourth-order valence-electron chi connectivity index (χ4n) is 1.87. The zero-order valence-corrected chi connectivity index (χ0v) is 12.3. The van der Waals surface area contributed by atoms with Gasteiger partial charge in [-0.05, 0) is 37.1 Å². The molecule has 0 unspecified atom stereocenters.